The Labute approximate surface area is 95.0 Å². The third-order valence-corrected chi connectivity index (χ3v) is 4.77. The van der Waals surface area contributed by atoms with E-state index in [9.17, 15) is 13.5 Å². The van der Waals surface area contributed by atoms with Crippen LogP contribution in [0.25, 0.3) is 0 Å². The van der Waals surface area contributed by atoms with Crippen LogP contribution in [0.3, 0.4) is 0 Å². The number of para-hydroxylation sites is 1. The van der Waals surface area contributed by atoms with E-state index in [-0.39, 0.29) is 24.3 Å². The van der Waals surface area contributed by atoms with Crippen LogP contribution in [0.5, 0.6) is 0 Å². The molecular weight excluding hydrogens is 226 g/mol. The molecule has 1 heterocycles. The summed E-state index contributed by atoms with van der Waals surface area (Å²) in [6.45, 7) is 0. The number of anilines is 1. The molecule has 0 unspecified atom stereocenters. The first-order chi connectivity index (χ1) is 7.43. The van der Waals surface area contributed by atoms with Crippen LogP contribution >= 0.6 is 0 Å². The van der Waals surface area contributed by atoms with Gasteiger partial charge >= 0.3 is 0 Å². The third-order valence-electron chi connectivity index (χ3n) is 3.12. The van der Waals surface area contributed by atoms with Crippen LogP contribution in [0.2, 0.25) is 0 Å². The molecule has 88 valence electrons. The smallest absolute Gasteiger partial charge is 0.150 e. The maximum atomic E-state index is 11.3. The molecule has 0 amide bonds. The van der Waals surface area contributed by atoms with Gasteiger partial charge in [0.1, 0.15) is 0 Å². The van der Waals surface area contributed by atoms with Crippen LogP contribution in [0.4, 0.5) is 5.69 Å². The quantitative estimate of drug-likeness (QED) is 0.708. The van der Waals surface area contributed by atoms with Crippen LogP contribution in [0.15, 0.2) is 24.3 Å². The van der Waals surface area contributed by atoms with Crippen LogP contribution in [-0.2, 0) is 15.4 Å². The van der Waals surface area contributed by atoms with E-state index >= 15 is 0 Å². The highest BCUT2D eigenvalue weighted by Gasteiger charge is 2.37. The minimum atomic E-state index is -2.98. The number of sulfone groups is 1. The van der Waals surface area contributed by atoms with Crippen molar-refractivity contribution in [2.45, 2.75) is 18.4 Å². The Kier molecular flexibility index (Phi) is 2.67. The molecule has 2 rings (SSSR count). The van der Waals surface area contributed by atoms with Crippen molar-refractivity contribution >= 4 is 15.5 Å². The van der Waals surface area contributed by atoms with E-state index in [1.54, 1.807) is 24.3 Å². The van der Waals surface area contributed by atoms with Crippen molar-refractivity contribution in [2.24, 2.45) is 0 Å². The van der Waals surface area contributed by atoms with E-state index in [1.165, 1.54) is 0 Å². The van der Waals surface area contributed by atoms with E-state index in [0.29, 0.717) is 11.3 Å². The first-order valence-corrected chi connectivity index (χ1v) is 7.03. The van der Waals surface area contributed by atoms with Gasteiger partial charge in [-0.25, -0.2) is 8.42 Å². The van der Waals surface area contributed by atoms with E-state index < -0.39 is 15.4 Å². The topological polar surface area (TPSA) is 80.4 Å². The molecule has 0 aliphatic carbocycles. The average Bonchev–Trinajstić information content (AvgIpc) is 2.24. The summed E-state index contributed by atoms with van der Waals surface area (Å²) in [6.07, 6.45) is 0.451. The number of hydrogen-bond donors (Lipinski definition) is 2. The first kappa shape index (κ1) is 11.4. The maximum Gasteiger partial charge on any atom is 0.150 e. The van der Waals surface area contributed by atoms with Gasteiger partial charge in [-0.2, -0.15) is 0 Å². The zero-order valence-electron chi connectivity index (χ0n) is 8.89. The predicted molar refractivity (Wildman–Crippen MR) is 62.6 cm³/mol. The van der Waals surface area contributed by atoms with Gasteiger partial charge in [-0.3, -0.25) is 0 Å². The summed E-state index contributed by atoms with van der Waals surface area (Å²) in [4.78, 5) is 0. The highest BCUT2D eigenvalue weighted by Crippen LogP contribution is 2.36. The van der Waals surface area contributed by atoms with E-state index in [4.69, 9.17) is 5.73 Å². The van der Waals surface area contributed by atoms with E-state index in [0.717, 1.165) is 0 Å². The number of aliphatic hydroxyl groups is 1. The van der Waals surface area contributed by atoms with Crippen LogP contribution in [0.1, 0.15) is 18.4 Å². The van der Waals surface area contributed by atoms with Gasteiger partial charge in [0.05, 0.1) is 17.1 Å². The summed E-state index contributed by atoms with van der Waals surface area (Å²) in [5, 5.41) is 10.4. The second-order valence-electron chi connectivity index (χ2n) is 4.27. The van der Waals surface area contributed by atoms with Gasteiger partial charge in [-0.1, -0.05) is 18.2 Å². The molecule has 1 fully saturated rings. The zero-order valence-corrected chi connectivity index (χ0v) is 9.70. The summed E-state index contributed by atoms with van der Waals surface area (Å²) in [5.74, 6) is 0.0513. The Morgan fingerprint density at radius 3 is 2.31 bits per heavy atom. The van der Waals surface area contributed by atoms with Crippen molar-refractivity contribution in [3.8, 4) is 0 Å². The average molecular weight is 241 g/mol. The first-order valence-electron chi connectivity index (χ1n) is 5.21. The Bertz CT molecular complexity index is 482. The number of nitrogens with two attached hydrogens (primary N) is 1. The fourth-order valence-corrected chi connectivity index (χ4v) is 3.57. The Hall–Kier alpha value is -1.07. The molecule has 0 radical (unpaired) electrons. The Balaban J connectivity index is 2.32. The number of benzene rings is 1. The largest absolute Gasteiger partial charge is 0.398 e. The van der Waals surface area contributed by atoms with Gasteiger partial charge < -0.3 is 10.8 Å². The second-order valence-corrected chi connectivity index (χ2v) is 6.57. The molecule has 1 aliphatic heterocycles. The molecule has 0 bridgehead atoms. The minimum absolute atomic E-state index is 0.0256. The molecule has 16 heavy (non-hydrogen) atoms. The van der Waals surface area contributed by atoms with Crippen LogP contribution in [-0.4, -0.2) is 25.0 Å². The highest BCUT2D eigenvalue weighted by atomic mass is 32.2. The number of nitrogen functional groups attached to an aromatic ring is 1. The lowest BCUT2D eigenvalue weighted by Gasteiger charge is -2.33. The molecule has 1 saturated heterocycles. The maximum absolute atomic E-state index is 11.3. The number of hydrogen-bond acceptors (Lipinski definition) is 4. The summed E-state index contributed by atoms with van der Waals surface area (Å²) < 4.78 is 22.6. The second kappa shape index (κ2) is 3.75. The Morgan fingerprint density at radius 2 is 1.75 bits per heavy atom. The zero-order chi connectivity index (χ0) is 11.8. The van der Waals surface area contributed by atoms with Crippen molar-refractivity contribution < 1.29 is 13.5 Å². The minimum Gasteiger partial charge on any atom is -0.398 e. The normalized spacial score (nSPS) is 22.8. The molecule has 0 atom stereocenters. The van der Waals surface area contributed by atoms with Gasteiger partial charge in [0.2, 0.25) is 0 Å². The van der Waals surface area contributed by atoms with Crippen molar-refractivity contribution in [1.29, 1.82) is 0 Å². The molecule has 3 N–H and O–H groups in total. The van der Waals surface area contributed by atoms with Gasteiger partial charge in [0.25, 0.3) is 0 Å². The molecule has 5 heteroatoms. The van der Waals surface area contributed by atoms with Crippen LogP contribution in [0, 0.1) is 0 Å². The predicted octanol–water partition coefficient (Wildman–Crippen LogP) is 0.665. The molecule has 1 aliphatic rings. The third kappa shape index (κ3) is 2.05. The van der Waals surface area contributed by atoms with E-state index in [2.05, 4.69) is 0 Å². The van der Waals surface area contributed by atoms with E-state index in [1.807, 2.05) is 0 Å². The summed E-state index contributed by atoms with van der Waals surface area (Å²) in [6, 6.07) is 7.07. The molecule has 0 aromatic heterocycles. The molecule has 0 spiro atoms. The van der Waals surface area contributed by atoms with Gasteiger partial charge in [0, 0.05) is 11.3 Å². The lowest BCUT2D eigenvalue weighted by molar-refractivity contribution is 0.0271. The number of rotatable bonds is 1. The lowest BCUT2D eigenvalue weighted by Crippen LogP contribution is -2.37. The van der Waals surface area contributed by atoms with Crippen molar-refractivity contribution in [3.05, 3.63) is 29.8 Å². The lowest BCUT2D eigenvalue weighted by atomic mass is 9.87. The van der Waals surface area contributed by atoms with Gasteiger partial charge in [-0.15, -0.1) is 0 Å². The van der Waals surface area contributed by atoms with Crippen LogP contribution < -0.4 is 5.73 Å². The SMILES string of the molecule is Nc1ccccc1C1(O)CCS(=O)(=O)CC1. The molecule has 4 nitrogen and oxygen atoms in total. The fraction of sp³-hybridized carbons (Fsp3) is 0.455. The van der Waals surface area contributed by atoms with Crippen molar-refractivity contribution in [3.63, 3.8) is 0 Å². The highest BCUT2D eigenvalue weighted by molar-refractivity contribution is 7.91. The molecule has 0 saturated carbocycles. The summed E-state index contributed by atoms with van der Waals surface area (Å²) >= 11 is 0. The van der Waals surface area contributed by atoms with Gasteiger partial charge in [-0.05, 0) is 18.9 Å². The fourth-order valence-electron chi connectivity index (χ4n) is 2.07. The summed E-state index contributed by atoms with van der Waals surface area (Å²) in [5.41, 5.74) is 5.87. The van der Waals surface area contributed by atoms with Crippen molar-refractivity contribution in [2.75, 3.05) is 17.2 Å². The van der Waals surface area contributed by atoms with Gasteiger partial charge in [0.15, 0.2) is 9.84 Å². The molecule has 1 aromatic rings. The molecular formula is C11H15NO3S. The van der Waals surface area contributed by atoms with Crippen molar-refractivity contribution in [1.82, 2.24) is 0 Å². The monoisotopic (exact) mass is 241 g/mol. The summed E-state index contributed by atoms with van der Waals surface area (Å²) in [7, 11) is -2.98. The standard InChI is InChI=1S/C11H15NO3S/c12-10-4-2-1-3-9(10)11(13)5-7-16(14,15)8-6-11/h1-4,13H,5-8,12H2. The Morgan fingerprint density at radius 1 is 1.19 bits per heavy atom. The molecule has 1 aromatic carbocycles.